The number of nitrogens with zero attached hydrogens (tertiary/aromatic N) is 4. The zero-order valence-corrected chi connectivity index (χ0v) is 13.7. The number of thiophene rings is 1. The van der Waals surface area contributed by atoms with E-state index in [-0.39, 0.29) is 18.0 Å². The molecule has 0 saturated carbocycles. The fourth-order valence-electron chi connectivity index (χ4n) is 2.46. The lowest BCUT2D eigenvalue weighted by molar-refractivity contribution is -0.129. The summed E-state index contributed by atoms with van der Waals surface area (Å²) < 4.78 is 3.22. The molecule has 3 aromatic heterocycles. The van der Waals surface area contributed by atoms with Crippen LogP contribution in [0.1, 0.15) is 19.2 Å². The molecule has 0 unspecified atom stereocenters. The summed E-state index contributed by atoms with van der Waals surface area (Å²) >= 11 is 1.60. The third kappa shape index (κ3) is 2.31. The molecule has 0 spiro atoms. The Bertz CT molecular complexity index is 903. The van der Waals surface area contributed by atoms with Gasteiger partial charge in [0.2, 0.25) is 5.91 Å². The highest BCUT2D eigenvalue weighted by atomic mass is 32.1. The summed E-state index contributed by atoms with van der Waals surface area (Å²) in [6, 6.07) is 3.88. The van der Waals surface area contributed by atoms with E-state index in [1.807, 2.05) is 21.9 Å². The molecule has 22 heavy (non-hydrogen) atoms. The predicted octanol–water partition coefficient (Wildman–Crippen LogP) is 1.75. The van der Waals surface area contributed by atoms with Crippen molar-refractivity contribution in [1.82, 2.24) is 19.1 Å². The Kier molecular flexibility index (Phi) is 3.74. The minimum atomic E-state index is -0.224. The van der Waals surface area contributed by atoms with Crippen LogP contribution in [0.25, 0.3) is 15.7 Å². The van der Waals surface area contributed by atoms with Gasteiger partial charge < -0.3 is 4.90 Å². The molecule has 0 N–H and O–H groups in total. The molecule has 0 aliphatic carbocycles. The Balaban J connectivity index is 2.24. The number of carbonyl (C=O) groups excluding carboxylic acids is 1. The fourth-order valence-corrected chi connectivity index (χ4v) is 3.38. The van der Waals surface area contributed by atoms with Crippen LogP contribution in [-0.4, -0.2) is 39.1 Å². The van der Waals surface area contributed by atoms with Gasteiger partial charge in [0.15, 0.2) is 0 Å². The van der Waals surface area contributed by atoms with Gasteiger partial charge in [-0.1, -0.05) is 6.92 Å². The summed E-state index contributed by atoms with van der Waals surface area (Å²) in [6.45, 7) is 2.04. The van der Waals surface area contributed by atoms with Crippen molar-refractivity contribution in [2.75, 3.05) is 14.1 Å². The molecule has 0 aromatic carbocycles. The summed E-state index contributed by atoms with van der Waals surface area (Å²) in [5.41, 5.74) is 0.366. The van der Waals surface area contributed by atoms with Crippen LogP contribution in [0.3, 0.4) is 0 Å². The zero-order valence-electron chi connectivity index (χ0n) is 12.9. The van der Waals surface area contributed by atoms with E-state index < -0.39 is 0 Å². The van der Waals surface area contributed by atoms with Gasteiger partial charge in [-0.05, 0) is 23.9 Å². The van der Waals surface area contributed by atoms with E-state index >= 15 is 0 Å². The number of amides is 1. The minimum absolute atomic E-state index is 0.0299. The SMILES string of the molecule is CCCc1nn(CC(=O)N(C)C)c(=O)c2cc3ccsc3n12. The van der Waals surface area contributed by atoms with Crippen molar-refractivity contribution in [1.29, 1.82) is 0 Å². The first-order valence-corrected chi connectivity index (χ1v) is 8.09. The van der Waals surface area contributed by atoms with Crippen LogP contribution in [0.2, 0.25) is 0 Å². The third-order valence-electron chi connectivity index (χ3n) is 3.62. The first-order chi connectivity index (χ1) is 10.5. The molecule has 3 aromatic rings. The quantitative estimate of drug-likeness (QED) is 0.736. The van der Waals surface area contributed by atoms with Gasteiger partial charge in [-0.2, -0.15) is 5.10 Å². The predicted molar refractivity (Wildman–Crippen MR) is 87.5 cm³/mol. The number of likely N-dealkylation sites (N-methyl/N-ethyl adjacent to an activating group) is 1. The van der Waals surface area contributed by atoms with Crippen LogP contribution in [0.4, 0.5) is 0 Å². The molecular formula is C15H18N4O2S. The topological polar surface area (TPSA) is 59.6 Å². The molecule has 1 amide bonds. The lowest BCUT2D eigenvalue weighted by atomic mass is 10.3. The molecule has 0 saturated heterocycles. The molecule has 6 nitrogen and oxygen atoms in total. The minimum Gasteiger partial charge on any atom is -0.347 e. The second kappa shape index (κ2) is 5.57. The van der Waals surface area contributed by atoms with Gasteiger partial charge in [-0.3, -0.25) is 14.0 Å². The van der Waals surface area contributed by atoms with Crippen molar-refractivity contribution in [3.05, 3.63) is 33.7 Å². The fraction of sp³-hybridized carbons (Fsp3) is 0.400. The van der Waals surface area contributed by atoms with Crippen LogP contribution >= 0.6 is 11.3 Å². The molecule has 0 atom stereocenters. The van der Waals surface area contributed by atoms with E-state index in [0.29, 0.717) is 5.52 Å². The van der Waals surface area contributed by atoms with E-state index in [2.05, 4.69) is 12.0 Å². The van der Waals surface area contributed by atoms with Gasteiger partial charge >= 0.3 is 0 Å². The van der Waals surface area contributed by atoms with Crippen molar-refractivity contribution in [3.8, 4) is 0 Å². The second-order valence-corrected chi connectivity index (χ2v) is 6.36. The van der Waals surface area contributed by atoms with E-state index in [9.17, 15) is 9.59 Å². The second-order valence-electron chi connectivity index (χ2n) is 5.46. The van der Waals surface area contributed by atoms with Gasteiger partial charge in [-0.25, -0.2) is 4.68 Å². The Hall–Kier alpha value is -2.15. The van der Waals surface area contributed by atoms with Crippen LogP contribution in [-0.2, 0) is 17.8 Å². The Morgan fingerprint density at radius 1 is 1.41 bits per heavy atom. The normalized spacial score (nSPS) is 11.4. The number of aryl methyl sites for hydroxylation is 1. The maximum atomic E-state index is 12.6. The molecule has 0 aliphatic rings. The van der Waals surface area contributed by atoms with Crippen LogP contribution in [0.5, 0.6) is 0 Å². The molecule has 0 fully saturated rings. The van der Waals surface area contributed by atoms with Gasteiger partial charge in [0.05, 0.1) is 0 Å². The van der Waals surface area contributed by atoms with E-state index in [4.69, 9.17) is 0 Å². The van der Waals surface area contributed by atoms with Gasteiger partial charge in [0.25, 0.3) is 5.56 Å². The van der Waals surface area contributed by atoms with Crippen LogP contribution in [0.15, 0.2) is 22.3 Å². The zero-order chi connectivity index (χ0) is 15.9. The molecule has 0 bridgehead atoms. The molecule has 0 radical (unpaired) electrons. The van der Waals surface area contributed by atoms with E-state index in [0.717, 1.165) is 28.9 Å². The summed E-state index contributed by atoms with van der Waals surface area (Å²) in [7, 11) is 3.35. The first kappa shape index (κ1) is 14.8. The van der Waals surface area contributed by atoms with E-state index in [1.165, 1.54) is 9.58 Å². The number of hydrogen-bond acceptors (Lipinski definition) is 4. The Morgan fingerprint density at radius 2 is 2.18 bits per heavy atom. The summed E-state index contributed by atoms with van der Waals surface area (Å²) in [5, 5.41) is 7.49. The standard InChI is InChI=1S/C15H18N4O2S/c1-4-5-12-16-18(9-13(20)17(2)3)14(21)11-8-10-6-7-22-15(10)19(11)12/h6-8H,4-5,9H2,1-3H3. The highest BCUT2D eigenvalue weighted by Gasteiger charge is 2.16. The van der Waals surface area contributed by atoms with Crippen molar-refractivity contribution >= 4 is 33.0 Å². The summed E-state index contributed by atoms with van der Waals surface area (Å²) in [6.07, 6.45) is 1.68. The molecule has 7 heteroatoms. The van der Waals surface area contributed by atoms with Crippen molar-refractivity contribution in [3.63, 3.8) is 0 Å². The van der Waals surface area contributed by atoms with Gasteiger partial charge in [0.1, 0.15) is 22.7 Å². The smallest absolute Gasteiger partial charge is 0.291 e. The van der Waals surface area contributed by atoms with Crippen molar-refractivity contribution in [2.24, 2.45) is 0 Å². The monoisotopic (exact) mass is 318 g/mol. The summed E-state index contributed by atoms with van der Waals surface area (Å²) in [5.74, 6) is 0.677. The Morgan fingerprint density at radius 3 is 2.86 bits per heavy atom. The maximum Gasteiger partial charge on any atom is 0.291 e. The maximum absolute atomic E-state index is 12.6. The van der Waals surface area contributed by atoms with E-state index in [1.54, 1.807) is 25.4 Å². The molecule has 3 rings (SSSR count). The number of fused-ring (bicyclic) bond motifs is 3. The molecule has 3 heterocycles. The third-order valence-corrected chi connectivity index (χ3v) is 4.53. The number of rotatable bonds is 4. The first-order valence-electron chi connectivity index (χ1n) is 7.21. The average Bonchev–Trinajstić information content (AvgIpc) is 3.04. The Labute approximate surface area is 131 Å². The number of hydrogen-bond donors (Lipinski definition) is 0. The van der Waals surface area contributed by atoms with Crippen molar-refractivity contribution in [2.45, 2.75) is 26.3 Å². The highest BCUT2D eigenvalue weighted by Crippen LogP contribution is 2.24. The molecular weight excluding hydrogens is 300 g/mol. The largest absolute Gasteiger partial charge is 0.347 e. The number of aromatic nitrogens is 3. The average molecular weight is 318 g/mol. The molecule has 116 valence electrons. The lowest BCUT2D eigenvalue weighted by Crippen LogP contribution is -2.34. The van der Waals surface area contributed by atoms with Gasteiger partial charge in [0, 0.05) is 25.9 Å². The summed E-state index contributed by atoms with van der Waals surface area (Å²) in [4.78, 5) is 27.0. The van der Waals surface area contributed by atoms with Crippen LogP contribution < -0.4 is 5.56 Å². The highest BCUT2D eigenvalue weighted by molar-refractivity contribution is 7.16. The van der Waals surface area contributed by atoms with Crippen molar-refractivity contribution < 1.29 is 4.79 Å². The van der Waals surface area contributed by atoms with Gasteiger partial charge in [-0.15, -0.1) is 11.3 Å². The molecule has 0 aliphatic heterocycles. The van der Waals surface area contributed by atoms with Crippen LogP contribution in [0, 0.1) is 0 Å². The lowest BCUT2D eigenvalue weighted by Gasteiger charge is -2.13. The number of carbonyl (C=O) groups is 1.